The standard InChI is InChI=1S/C15H24N4O/c1-4-11(7-8-20)10-17-15-13(9-16)12(5-2)14(6-3)18-19-15/h11,20H,4-8,10H2,1-3H3,(H,17,19). The van der Waals surface area contributed by atoms with Crippen LogP contribution in [0.2, 0.25) is 0 Å². The van der Waals surface area contributed by atoms with Gasteiger partial charge >= 0.3 is 0 Å². The molecule has 0 bridgehead atoms. The van der Waals surface area contributed by atoms with E-state index < -0.39 is 0 Å². The molecule has 20 heavy (non-hydrogen) atoms. The van der Waals surface area contributed by atoms with Crippen molar-refractivity contribution >= 4 is 5.82 Å². The Morgan fingerprint density at radius 2 is 2.00 bits per heavy atom. The fourth-order valence-corrected chi connectivity index (χ4v) is 2.29. The van der Waals surface area contributed by atoms with E-state index in [9.17, 15) is 5.26 Å². The SMILES string of the molecule is CCc1nnc(NCC(CC)CCO)c(C#N)c1CC. The summed E-state index contributed by atoms with van der Waals surface area (Å²) >= 11 is 0. The van der Waals surface area contributed by atoms with Crippen LogP contribution in [-0.4, -0.2) is 28.5 Å². The van der Waals surface area contributed by atoms with Crippen molar-refractivity contribution in [2.75, 3.05) is 18.5 Å². The molecule has 0 saturated carbocycles. The van der Waals surface area contributed by atoms with E-state index in [-0.39, 0.29) is 6.61 Å². The van der Waals surface area contributed by atoms with E-state index in [2.05, 4.69) is 28.5 Å². The Hall–Kier alpha value is -1.67. The molecule has 0 spiro atoms. The highest BCUT2D eigenvalue weighted by Crippen LogP contribution is 2.20. The molecule has 1 heterocycles. The molecule has 5 heteroatoms. The van der Waals surface area contributed by atoms with Crippen molar-refractivity contribution < 1.29 is 5.11 Å². The molecule has 0 fully saturated rings. The second kappa shape index (κ2) is 8.49. The molecule has 1 atom stereocenters. The quantitative estimate of drug-likeness (QED) is 0.761. The van der Waals surface area contributed by atoms with Gasteiger partial charge in [-0.3, -0.25) is 0 Å². The van der Waals surface area contributed by atoms with E-state index in [0.717, 1.165) is 36.9 Å². The number of nitrogens with one attached hydrogen (secondary N) is 1. The summed E-state index contributed by atoms with van der Waals surface area (Å²) in [5.41, 5.74) is 2.50. The lowest BCUT2D eigenvalue weighted by Gasteiger charge is -2.16. The summed E-state index contributed by atoms with van der Waals surface area (Å²) in [6, 6.07) is 2.25. The first kappa shape index (κ1) is 16.4. The van der Waals surface area contributed by atoms with Gasteiger partial charge in [-0.2, -0.15) is 10.4 Å². The minimum atomic E-state index is 0.186. The van der Waals surface area contributed by atoms with E-state index in [4.69, 9.17) is 5.11 Å². The lowest BCUT2D eigenvalue weighted by molar-refractivity contribution is 0.258. The average Bonchev–Trinajstić information content (AvgIpc) is 2.50. The predicted octanol–water partition coefficient (Wildman–Crippen LogP) is 2.29. The van der Waals surface area contributed by atoms with Gasteiger partial charge in [-0.05, 0) is 30.7 Å². The first-order valence-corrected chi connectivity index (χ1v) is 7.34. The topological polar surface area (TPSA) is 81.8 Å². The van der Waals surface area contributed by atoms with E-state index in [1.165, 1.54) is 0 Å². The highest BCUT2D eigenvalue weighted by atomic mass is 16.3. The Labute approximate surface area is 121 Å². The van der Waals surface area contributed by atoms with Crippen molar-refractivity contribution in [1.29, 1.82) is 5.26 Å². The third kappa shape index (κ3) is 3.91. The van der Waals surface area contributed by atoms with E-state index in [1.807, 2.05) is 13.8 Å². The van der Waals surface area contributed by atoms with Gasteiger partial charge in [0.15, 0.2) is 5.82 Å². The average molecular weight is 276 g/mol. The second-order valence-corrected chi connectivity index (χ2v) is 4.84. The fourth-order valence-electron chi connectivity index (χ4n) is 2.29. The van der Waals surface area contributed by atoms with Crippen LogP contribution in [0, 0.1) is 17.2 Å². The zero-order chi connectivity index (χ0) is 15.0. The summed E-state index contributed by atoms with van der Waals surface area (Å²) in [7, 11) is 0. The van der Waals surface area contributed by atoms with Crippen LogP contribution < -0.4 is 5.32 Å². The molecule has 0 amide bonds. The minimum Gasteiger partial charge on any atom is -0.396 e. The number of aromatic nitrogens is 2. The van der Waals surface area contributed by atoms with Crippen LogP contribution >= 0.6 is 0 Å². The molecule has 1 unspecified atom stereocenters. The van der Waals surface area contributed by atoms with Gasteiger partial charge in [0.05, 0.1) is 5.69 Å². The molecule has 2 N–H and O–H groups in total. The summed E-state index contributed by atoms with van der Waals surface area (Å²) in [6.07, 6.45) is 3.31. The zero-order valence-corrected chi connectivity index (χ0v) is 12.6. The van der Waals surface area contributed by atoms with Gasteiger partial charge in [0.25, 0.3) is 0 Å². The number of nitrogens with zero attached hydrogens (tertiary/aromatic N) is 3. The van der Waals surface area contributed by atoms with Crippen LogP contribution in [0.25, 0.3) is 0 Å². The van der Waals surface area contributed by atoms with Crippen LogP contribution in [0.15, 0.2) is 0 Å². The van der Waals surface area contributed by atoms with Crippen LogP contribution in [0.1, 0.15) is 50.4 Å². The maximum absolute atomic E-state index is 9.38. The zero-order valence-electron chi connectivity index (χ0n) is 12.6. The molecule has 5 nitrogen and oxygen atoms in total. The summed E-state index contributed by atoms with van der Waals surface area (Å²) < 4.78 is 0. The van der Waals surface area contributed by atoms with Crippen molar-refractivity contribution in [3.63, 3.8) is 0 Å². The summed E-state index contributed by atoms with van der Waals surface area (Å²) in [5, 5.41) is 30.0. The Kier molecular flexibility index (Phi) is 6.96. The van der Waals surface area contributed by atoms with Crippen molar-refractivity contribution in [2.24, 2.45) is 5.92 Å². The maximum Gasteiger partial charge on any atom is 0.166 e. The molecular weight excluding hydrogens is 252 g/mol. The Balaban J connectivity index is 2.93. The second-order valence-electron chi connectivity index (χ2n) is 4.84. The van der Waals surface area contributed by atoms with Gasteiger partial charge in [0.1, 0.15) is 11.6 Å². The summed E-state index contributed by atoms with van der Waals surface area (Å²) in [6.45, 7) is 7.03. The number of aliphatic hydroxyl groups excluding tert-OH is 1. The first-order valence-electron chi connectivity index (χ1n) is 7.34. The number of aryl methyl sites for hydroxylation is 1. The Morgan fingerprint density at radius 1 is 1.25 bits per heavy atom. The van der Waals surface area contributed by atoms with Gasteiger partial charge in [-0.25, -0.2) is 0 Å². The number of nitriles is 1. The third-order valence-corrected chi connectivity index (χ3v) is 3.63. The predicted molar refractivity (Wildman–Crippen MR) is 79.5 cm³/mol. The van der Waals surface area contributed by atoms with Crippen molar-refractivity contribution in [2.45, 2.75) is 46.5 Å². The molecule has 0 radical (unpaired) electrons. The highest BCUT2D eigenvalue weighted by Gasteiger charge is 2.15. The van der Waals surface area contributed by atoms with Gasteiger partial charge in [-0.1, -0.05) is 27.2 Å². The van der Waals surface area contributed by atoms with Gasteiger partial charge in [0, 0.05) is 13.2 Å². The molecule has 1 rings (SSSR count). The van der Waals surface area contributed by atoms with Gasteiger partial charge in [-0.15, -0.1) is 5.10 Å². The van der Waals surface area contributed by atoms with Crippen molar-refractivity contribution in [3.8, 4) is 6.07 Å². The van der Waals surface area contributed by atoms with Crippen LogP contribution in [0.4, 0.5) is 5.82 Å². The van der Waals surface area contributed by atoms with Crippen LogP contribution in [0.3, 0.4) is 0 Å². The maximum atomic E-state index is 9.38. The number of anilines is 1. The third-order valence-electron chi connectivity index (χ3n) is 3.63. The van der Waals surface area contributed by atoms with Gasteiger partial charge in [0.2, 0.25) is 0 Å². The minimum absolute atomic E-state index is 0.186. The number of hydrogen-bond acceptors (Lipinski definition) is 5. The van der Waals surface area contributed by atoms with Crippen LogP contribution in [0.5, 0.6) is 0 Å². The highest BCUT2D eigenvalue weighted by molar-refractivity contribution is 5.56. The molecular formula is C15H24N4O. The Morgan fingerprint density at radius 3 is 2.50 bits per heavy atom. The van der Waals surface area contributed by atoms with Crippen LogP contribution in [-0.2, 0) is 12.8 Å². The molecule has 110 valence electrons. The monoisotopic (exact) mass is 276 g/mol. The summed E-state index contributed by atoms with van der Waals surface area (Å²) in [4.78, 5) is 0. The van der Waals surface area contributed by atoms with E-state index >= 15 is 0 Å². The molecule has 0 aliphatic rings. The molecule has 0 aliphatic heterocycles. The number of hydrogen-bond donors (Lipinski definition) is 2. The van der Waals surface area contributed by atoms with Crippen molar-refractivity contribution in [1.82, 2.24) is 10.2 Å². The molecule has 0 aliphatic carbocycles. The van der Waals surface area contributed by atoms with Crippen molar-refractivity contribution in [3.05, 3.63) is 16.8 Å². The van der Waals surface area contributed by atoms with E-state index in [0.29, 0.717) is 23.8 Å². The number of aliphatic hydroxyl groups is 1. The molecule has 0 saturated heterocycles. The summed E-state index contributed by atoms with van der Waals surface area (Å²) in [5.74, 6) is 0.946. The Bertz CT molecular complexity index is 468. The molecule has 1 aromatic rings. The fraction of sp³-hybridized carbons (Fsp3) is 0.667. The normalized spacial score (nSPS) is 11.9. The molecule has 1 aromatic heterocycles. The molecule has 0 aromatic carbocycles. The lowest BCUT2D eigenvalue weighted by atomic mass is 10.0. The first-order chi connectivity index (χ1) is 9.71. The largest absolute Gasteiger partial charge is 0.396 e. The lowest BCUT2D eigenvalue weighted by Crippen LogP contribution is -2.18. The van der Waals surface area contributed by atoms with Gasteiger partial charge < -0.3 is 10.4 Å². The van der Waals surface area contributed by atoms with E-state index in [1.54, 1.807) is 0 Å². The smallest absolute Gasteiger partial charge is 0.166 e. The number of rotatable bonds is 8.